The van der Waals surface area contributed by atoms with Crippen molar-refractivity contribution in [1.82, 2.24) is 10.0 Å². The van der Waals surface area contributed by atoms with Crippen LogP contribution in [0.1, 0.15) is 15.9 Å². The van der Waals surface area contributed by atoms with Crippen LogP contribution in [0.5, 0.6) is 0 Å². The molecule has 1 rings (SSSR count). The standard InChI is InChI=1S/C11H17N3O3S/c1-13-18(16,17)7-6-14-11(15)10-4-2-9(8-12)3-5-10/h2-5,13H,6-8,12H2,1H3,(H,14,15). The zero-order chi connectivity index (χ0) is 13.6. The van der Waals surface area contributed by atoms with Crippen LogP contribution in [0, 0.1) is 0 Å². The summed E-state index contributed by atoms with van der Waals surface area (Å²) in [7, 11) is -1.95. The molecule has 4 N–H and O–H groups in total. The van der Waals surface area contributed by atoms with E-state index in [2.05, 4.69) is 10.0 Å². The van der Waals surface area contributed by atoms with Gasteiger partial charge in [0.2, 0.25) is 10.0 Å². The minimum Gasteiger partial charge on any atom is -0.351 e. The van der Waals surface area contributed by atoms with Crippen LogP contribution in [0.15, 0.2) is 24.3 Å². The molecule has 0 aromatic heterocycles. The van der Waals surface area contributed by atoms with E-state index in [0.29, 0.717) is 12.1 Å². The molecule has 0 bridgehead atoms. The van der Waals surface area contributed by atoms with Gasteiger partial charge >= 0.3 is 0 Å². The second kappa shape index (κ2) is 6.48. The van der Waals surface area contributed by atoms with Crippen molar-refractivity contribution in [3.05, 3.63) is 35.4 Å². The van der Waals surface area contributed by atoms with Crippen LogP contribution in [0.2, 0.25) is 0 Å². The molecule has 0 saturated heterocycles. The van der Waals surface area contributed by atoms with Gasteiger partial charge in [0.1, 0.15) is 0 Å². The predicted molar refractivity (Wildman–Crippen MR) is 69.5 cm³/mol. The molecule has 1 aromatic rings. The van der Waals surface area contributed by atoms with Crippen molar-refractivity contribution in [2.75, 3.05) is 19.3 Å². The summed E-state index contributed by atoms with van der Waals surface area (Å²) in [4.78, 5) is 11.7. The molecule has 0 unspecified atom stereocenters. The summed E-state index contributed by atoms with van der Waals surface area (Å²) in [6.45, 7) is 0.489. The Kier molecular flexibility index (Phi) is 5.26. The molecule has 0 radical (unpaired) electrons. The molecule has 0 atom stereocenters. The zero-order valence-corrected chi connectivity index (χ0v) is 11.0. The first-order valence-electron chi connectivity index (χ1n) is 5.47. The Morgan fingerprint density at radius 3 is 2.39 bits per heavy atom. The number of amides is 1. The highest BCUT2D eigenvalue weighted by Gasteiger charge is 2.09. The van der Waals surface area contributed by atoms with Crippen LogP contribution >= 0.6 is 0 Å². The lowest BCUT2D eigenvalue weighted by molar-refractivity contribution is 0.0956. The number of rotatable bonds is 6. The first-order valence-corrected chi connectivity index (χ1v) is 7.12. The number of carbonyl (C=O) groups is 1. The third-order valence-electron chi connectivity index (χ3n) is 2.42. The summed E-state index contributed by atoms with van der Waals surface area (Å²) in [5.74, 6) is -0.444. The van der Waals surface area contributed by atoms with E-state index in [0.717, 1.165) is 5.56 Å². The number of hydrogen-bond donors (Lipinski definition) is 3. The molecular weight excluding hydrogens is 254 g/mol. The van der Waals surface area contributed by atoms with Crippen molar-refractivity contribution in [2.45, 2.75) is 6.54 Å². The Hall–Kier alpha value is -1.44. The first-order chi connectivity index (χ1) is 8.48. The molecule has 7 heteroatoms. The molecule has 0 fully saturated rings. The topological polar surface area (TPSA) is 101 Å². The maximum atomic E-state index is 11.7. The molecule has 0 aliphatic carbocycles. The van der Waals surface area contributed by atoms with E-state index in [1.165, 1.54) is 7.05 Å². The van der Waals surface area contributed by atoms with Crippen LogP contribution in [-0.2, 0) is 16.6 Å². The van der Waals surface area contributed by atoms with Crippen LogP contribution in [-0.4, -0.2) is 33.7 Å². The number of benzene rings is 1. The van der Waals surface area contributed by atoms with E-state index in [1.54, 1.807) is 24.3 Å². The van der Waals surface area contributed by atoms with Crippen molar-refractivity contribution in [3.63, 3.8) is 0 Å². The SMILES string of the molecule is CNS(=O)(=O)CCNC(=O)c1ccc(CN)cc1. The highest BCUT2D eigenvalue weighted by atomic mass is 32.2. The fourth-order valence-corrected chi connectivity index (χ4v) is 1.87. The normalized spacial score (nSPS) is 11.2. The fraction of sp³-hybridized carbons (Fsp3) is 0.364. The average molecular weight is 271 g/mol. The predicted octanol–water partition coefficient (Wildman–Crippen LogP) is -0.576. The molecule has 0 aliphatic rings. The van der Waals surface area contributed by atoms with Crippen LogP contribution in [0.4, 0.5) is 0 Å². The molecule has 1 amide bonds. The van der Waals surface area contributed by atoms with Crippen LogP contribution in [0.3, 0.4) is 0 Å². The molecule has 100 valence electrons. The van der Waals surface area contributed by atoms with Gasteiger partial charge in [-0.05, 0) is 24.7 Å². The van der Waals surface area contributed by atoms with Crippen LogP contribution in [0.25, 0.3) is 0 Å². The molecular formula is C11H17N3O3S. The molecule has 1 aromatic carbocycles. The quantitative estimate of drug-likeness (QED) is 0.644. The second-order valence-corrected chi connectivity index (χ2v) is 5.73. The summed E-state index contributed by atoms with van der Waals surface area (Å²) < 4.78 is 24.4. The Labute approximate surface area is 107 Å². The lowest BCUT2D eigenvalue weighted by atomic mass is 10.1. The first kappa shape index (κ1) is 14.6. The Morgan fingerprint density at radius 2 is 1.89 bits per heavy atom. The largest absolute Gasteiger partial charge is 0.351 e. The van der Waals surface area contributed by atoms with E-state index < -0.39 is 10.0 Å². The highest BCUT2D eigenvalue weighted by Crippen LogP contribution is 2.03. The van der Waals surface area contributed by atoms with Gasteiger partial charge in [-0.2, -0.15) is 0 Å². The van der Waals surface area contributed by atoms with Gasteiger partial charge in [0.05, 0.1) is 5.75 Å². The van der Waals surface area contributed by atoms with Crippen molar-refractivity contribution in [1.29, 1.82) is 0 Å². The van der Waals surface area contributed by atoms with Gasteiger partial charge in [-0.25, -0.2) is 13.1 Å². The zero-order valence-electron chi connectivity index (χ0n) is 10.1. The smallest absolute Gasteiger partial charge is 0.251 e. The van der Waals surface area contributed by atoms with Crippen molar-refractivity contribution in [2.24, 2.45) is 5.73 Å². The van der Waals surface area contributed by atoms with E-state index >= 15 is 0 Å². The third kappa shape index (κ3) is 4.44. The molecule has 0 saturated carbocycles. The molecule has 6 nitrogen and oxygen atoms in total. The summed E-state index contributed by atoms with van der Waals surface area (Å²) in [5, 5.41) is 2.54. The van der Waals surface area contributed by atoms with Gasteiger partial charge in [-0.1, -0.05) is 12.1 Å². The van der Waals surface area contributed by atoms with E-state index in [4.69, 9.17) is 5.73 Å². The van der Waals surface area contributed by atoms with Crippen LogP contribution < -0.4 is 15.8 Å². The maximum Gasteiger partial charge on any atom is 0.251 e. The van der Waals surface area contributed by atoms with Gasteiger partial charge in [0, 0.05) is 18.7 Å². The molecule has 0 aliphatic heterocycles. The Morgan fingerprint density at radius 1 is 1.28 bits per heavy atom. The van der Waals surface area contributed by atoms with Gasteiger partial charge < -0.3 is 11.1 Å². The Bertz CT molecular complexity index is 497. The van der Waals surface area contributed by atoms with Crippen molar-refractivity contribution >= 4 is 15.9 Å². The van der Waals surface area contributed by atoms with Gasteiger partial charge in [-0.15, -0.1) is 0 Å². The lowest BCUT2D eigenvalue weighted by Crippen LogP contribution is -2.32. The van der Waals surface area contributed by atoms with Gasteiger partial charge in [0.15, 0.2) is 0 Å². The van der Waals surface area contributed by atoms with Crippen molar-refractivity contribution < 1.29 is 13.2 Å². The lowest BCUT2D eigenvalue weighted by Gasteiger charge is -2.06. The minimum absolute atomic E-state index is 0.0701. The molecule has 0 heterocycles. The summed E-state index contributed by atoms with van der Waals surface area (Å²) in [5.41, 5.74) is 6.86. The van der Waals surface area contributed by atoms with E-state index in [9.17, 15) is 13.2 Å². The summed E-state index contributed by atoms with van der Waals surface area (Å²) in [6, 6.07) is 6.84. The summed E-state index contributed by atoms with van der Waals surface area (Å²) in [6.07, 6.45) is 0. The van der Waals surface area contributed by atoms with E-state index in [1.807, 2.05) is 0 Å². The van der Waals surface area contributed by atoms with Gasteiger partial charge in [-0.3, -0.25) is 4.79 Å². The van der Waals surface area contributed by atoms with E-state index in [-0.39, 0.29) is 18.2 Å². The minimum atomic E-state index is -3.29. The maximum absolute atomic E-state index is 11.7. The summed E-state index contributed by atoms with van der Waals surface area (Å²) >= 11 is 0. The number of nitrogens with two attached hydrogens (primary N) is 1. The number of carbonyl (C=O) groups excluding carboxylic acids is 1. The number of hydrogen-bond acceptors (Lipinski definition) is 4. The molecule has 18 heavy (non-hydrogen) atoms. The average Bonchev–Trinajstić information content (AvgIpc) is 2.38. The number of nitrogens with one attached hydrogen (secondary N) is 2. The van der Waals surface area contributed by atoms with Gasteiger partial charge in [0.25, 0.3) is 5.91 Å². The second-order valence-electron chi connectivity index (χ2n) is 3.68. The fourth-order valence-electron chi connectivity index (χ4n) is 1.30. The highest BCUT2D eigenvalue weighted by molar-refractivity contribution is 7.89. The number of sulfonamides is 1. The van der Waals surface area contributed by atoms with Crippen molar-refractivity contribution in [3.8, 4) is 0 Å². The molecule has 0 spiro atoms. The third-order valence-corrected chi connectivity index (χ3v) is 3.78. The monoisotopic (exact) mass is 271 g/mol. The Balaban J connectivity index is 2.50.